The maximum Gasteiger partial charge on any atom is 0.348 e. The fraction of sp³-hybridized carbons (Fsp3) is 0.364. The van der Waals surface area contributed by atoms with Gasteiger partial charge >= 0.3 is 4.80 Å². The molecule has 1 saturated heterocycles. The molecule has 36 heavy (non-hydrogen) atoms. The van der Waals surface area contributed by atoms with Crippen LogP contribution in [-0.2, 0) is 27.2 Å². The molecule has 3 heterocycles. The lowest BCUT2D eigenvalue weighted by molar-refractivity contribution is -0.254. The van der Waals surface area contributed by atoms with Gasteiger partial charge < -0.3 is 24.9 Å². The summed E-state index contributed by atoms with van der Waals surface area (Å²) < 4.78 is 37.1. The first kappa shape index (κ1) is 25.8. The molecule has 0 aliphatic carbocycles. The normalized spacial score (nSPS) is 15.2. The van der Waals surface area contributed by atoms with E-state index in [4.69, 9.17) is 9.29 Å². The highest BCUT2D eigenvalue weighted by molar-refractivity contribution is 7.85. The lowest BCUT2D eigenvalue weighted by atomic mass is 10.2. The van der Waals surface area contributed by atoms with Crippen molar-refractivity contribution in [3.63, 3.8) is 0 Å². The van der Waals surface area contributed by atoms with Crippen LogP contribution in [-0.4, -0.2) is 60.2 Å². The molecule has 14 heteroatoms. The zero-order valence-corrected chi connectivity index (χ0v) is 21.4. The average molecular weight is 535 g/mol. The number of aromatic nitrogens is 3. The van der Waals surface area contributed by atoms with Gasteiger partial charge in [-0.15, -0.1) is 4.99 Å². The number of aromatic amines is 1. The van der Waals surface area contributed by atoms with E-state index in [1.165, 1.54) is 12.1 Å². The van der Waals surface area contributed by atoms with Crippen LogP contribution in [0.4, 0.5) is 17.6 Å². The zero-order valence-electron chi connectivity index (χ0n) is 19.7. The van der Waals surface area contributed by atoms with E-state index in [-0.39, 0.29) is 15.7 Å². The van der Waals surface area contributed by atoms with Gasteiger partial charge in [-0.2, -0.15) is 18.4 Å². The van der Waals surface area contributed by atoms with Crippen LogP contribution < -0.4 is 20.1 Å². The molecule has 3 aromatic rings. The van der Waals surface area contributed by atoms with Crippen molar-refractivity contribution in [1.29, 1.82) is 0 Å². The van der Waals surface area contributed by atoms with E-state index >= 15 is 0 Å². The zero-order chi connectivity index (χ0) is 25.9. The Morgan fingerprint density at radius 2 is 1.97 bits per heavy atom. The van der Waals surface area contributed by atoms with Crippen LogP contribution in [0.1, 0.15) is 27.9 Å². The molecule has 0 radical (unpaired) electrons. The number of aromatic carboxylic acids is 1. The number of ether oxygens (including phenoxy) is 1. The Bertz CT molecular complexity index is 1430. The number of hydrogen-bond acceptors (Lipinski definition) is 10. The first-order valence-electron chi connectivity index (χ1n) is 11.2. The predicted molar refractivity (Wildman–Crippen MR) is 132 cm³/mol. The highest BCUT2D eigenvalue weighted by Gasteiger charge is 2.22. The highest BCUT2D eigenvalue weighted by Crippen LogP contribution is 2.24. The Balaban J connectivity index is 1.68. The maximum atomic E-state index is 11.6. The molecule has 0 bridgehead atoms. The number of hydrogen-bond donors (Lipinski definition) is 3. The molecule has 1 atom stereocenters. The van der Waals surface area contributed by atoms with Gasteiger partial charge in [-0.25, -0.2) is 0 Å². The van der Waals surface area contributed by atoms with Crippen molar-refractivity contribution in [3.8, 4) is 0 Å². The van der Waals surface area contributed by atoms with Crippen molar-refractivity contribution < 1.29 is 27.6 Å². The van der Waals surface area contributed by atoms with Crippen LogP contribution in [0.5, 0.6) is 0 Å². The molecule has 192 valence electrons. The summed E-state index contributed by atoms with van der Waals surface area (Å²) in [6.45, 7) is 6.31. The van der Waals surface area contributed by atoms with Gasteiger partial charge in [-0.1, -0.05) is 12.1 Å². The maximum absolute atomic E-state index is 11.6. The average Bonchev–Trinajstić information content (AvgIpc) is 3.17. The fourth-order valence-electron chi connectivity index (χ4n) is 3.76. The Kier molecular flexibility index (Phi) is 7.68. The number of thiazole rings is 1. The molecule has 0 saturated carbocycles. The van der Waals surface area contributed by atoms with Crippen LogP contribution in [0.15, 0.2) is 40.2 Å². The van der Waals surface area contributed by atoms with Gasteiger partial charge in [0, 0.05) is 36.2 Å². The molecule has 1 unspecified atom stereocenters. The SMILES string of the molecule is CC[s+]1c(C(=O)[O-])c(C)[nH]c1=Nc1nc(NCc2ccc(S(=O)(=O)O)cc2)cc(N2CCOCC2)n1. The quantitative estimate of drug-likeness (QED) is 0.281. The second-order valence-corrected chi connectivity index (χ2v) is 11.5. The predicted octanol–water partition coefficient (Wildman–Crippen LogP) is 1.17. The molecule has 0 amide bonds. The summed E-state index contributed by atoms with van der Waals surface area (Å²) in [6.07, 6.45) is 0. The molecule has 2 aromatic heterocycles. The molecule has 3 N–H and O–H groups in total. The summed E-state index contributed by atoms with van der Waals surface area (Å²) in [5, 5.41) is 14.8. The first-order valence-corrected chi connectivity index (χ1v) is 14.0. The summed E-state index contributed by atoms with van der Waals surface area (Å²) >= 11 is 0. The summed E-state index contributed by atoms with van der Waals surface area (Å²) in [4.78, 5) is 30.9. The molecule has 1 aliphatic heterocycles. The Hall–Kier alpha value is -3.33. The number of benzene rings is 1. The number of carbonyl (C=O) groups is 1. The van der Waals surface area contributed by atoms with Gasteiger partial charge in [0.15, 0.2) is 0 Å². The Morgan fingerprint density at radius 3 is 2.58 bits per heavy atom. The summed E-state index contributed by atoms with van der Waals surface area (Å²) in [6, 6.07) is 7.62. The number of H-pyrrole nitrogens is 1. The minimum absolute atomic E-state index is 0.170. The molecule has 0 spiro atoms. The van der Waals surface area contributed by atoms with Gasteiger partial charge in [0.1, 0.15) is 23.4 Å². The number of rotatable bonds is 8. The van der Waals surface area contributed by atoms with E-state index in [0.717, 1.165) is 5.56 Å². The number of nitrogens with zero attached hydrogens (tertiary/aromatic N) is 4. The number of anilines is 2. The third-order valence-corrected chi connectivity index (χ3v) is 8.59. The minimum atomic E-state index is -4.26. The van der Waals surface area contributed by atoms with Gasteiger partial charge in [0.25, 0.3) is 16.1 Å². The smallest absolute Gasteiger partial charge is 0.348 e. The second-order valence-electron chi connectivity index (χ2n) is 7.95. The largest absolute Gasteiger partial charge is 0.540 e. The van der Waals surface area contributed by atoms with Crippen LogP contribution in [0.25, 0.3) is 0 Å². The summed E-state index contributed by atoms with van der Waals surface area (Å²) in [5.41, 5.74) is 1.26. The highest BCUT2D eigenvalue weighted by atomic mass is 32.2. The monoisotopic (exact) mass is 534 g/mol. The third-order valence-electron chi connectivity index (χ3n) is 5.52. The molecular formula is C22H26N6O6S2. The van der Waals surface area contributed by atoms with Gasteiger partial charge in [-0.3, -0.25) is 9.54 Å². The number of carboxylic acid groups (broad SMARTS) is 1. The van der Waals surface area contributed by atoms with Crippen molar-refractivity contribution in [2.24, 2.45) is 4.99 Å². The van der Waals surface area contributed by atoms with E-state index in [2.05, 4.69) is 30.2 Å². The van der Waals surface area contributed by atoms with E-state index in [9.17, 15) is 18.3 Å². The molecule has 12 nitrogen and oxygen atoms in total. The van der Waals surface area contributed by atoms with E-state index in [1.807, 2.05) is 6.92 Å². The summed E-state index contributed by atoms with van der Waals surface area (Å²) in [7, 11) is -5.04. The number of carboxylic acids is 1. The van der Waals surface area contributed by atoms with Gasteiger partial charge in [0.2, 0.25) is 4.88 Å². The number of aryl methyl sites for hydroxylation is 1. The van der Waals surface area contributed by atoms with Gasteiger partial charge in [-0.05, 0) is 31.5 Å². The van der Waals surface area contributed by atoms with E-state index in [0.29, 0.717) is 60.7 Å². The van der Waals surface area contributed by atoms with Crippen molar-refractivity contribution in [2.45, 2.75) is 31.0 Å². The third kappa shape index (κ3) is 5.90. The minimum Gasteiger partial charge on any atom is -0.540 e. The number of carbonyl (C=O) groups excluding carboxylic acids is 1. The van der Waals surface area contributed by atoms with Crippen molar-refractivity contribution >= 4 is 44.1 Å². The second kappa shape index (κ2) is 10.7. The van der Waals surface area contributed by atoms with Crippen LogP contribution in [0.2, 0.25) is 0 Å². The number of morpholine rings is 1. The lowest BCUT2D eigenvalue weighted by Gasteiger charge is -2.28. The molecule has 1 aromatic carbocycles. The fourth-order valence-corrected chi connectivity index (χ4v) is 6.08. The number of nitrogens with one attached hydrogen (secondary N) is 2. The standard InChI is InChI=1S/C22H26N6O6S2/c1-3-35-19(20(29)30)14(2)24-22(35)27-21-25-17(12-18(26-21)28-8-10-34-11-9-28)23-13-15-4-6-16(7-5-15)36(31,32)33/h4-7,12H,3,8-11,13H2,1-2H3,(H3-,23,24,25,26,27,29,30,31,32,33). The molecule has 1 aliphatic rings. The van der Waals surface area contributed by atoms with Crippen LogP contribution in [0, 0.1) is 6.92 Å². The van der Waals surface area contributed by atoms with Gasteiger partial charge in [0.05, 0.1) is 23.8 Å². The van der Waals surface area contributed by atoms with E-state index < -0.39 is 26.6 Å². The first-order chi connectivity index (χ1) is 17.2. The summed E-state index contributed by atoms with van der Waals surface area (Å²) in [5.74, 6) is 0.630. The van der Waals surface area contributed by atoms with Crippen LogP contribution >= 0.6 is 10.5 Å². The topological polar surface area (TPSA) is 173 Å². The Labute approximate surface area is 210 Å². The Morgan fingerprint density at radius 1 is 1.28 bits per heavy atom. The van der Waals surface area contributed by atoms with Crippen molar-refractivity contribution in [1.82, 2.24) is 15.0 Å². The molecule has 1 fully saturated rings. The van der Waals surface area contributed by atoms with Crippen LogP contribution in [0.3, 0.4) is 0 Å². The van der Waals surface area contributed by atoms with Crippen molar-refractivity contribution in [3.05, 3.63) is 51.3 Å². The lowest BCUT2D eigenvalue weighted by Crippen LogP contribution is -2.36. The van der Waals surface area contributed by atoms with E-state index in [1.54, 1.807) is 25.1 Å². The van der Waals surface area contributed by atoms with Crippen molar-refractivity contribution in [2.75, 3.05) is 36.5 Å². The molecule has 4 rings (SSSR count). The molecular weight excluding hydrogens is 508 g/mol.